The zero-order valence-corrected chi connectivity index (χ0v) is 10.7. The van der Waals surface area contributed by atoms with Crippen molar-refractivity contribution in [3.8, 4) is 0 Å². The molecule has 3 nitrogen and oxygen atoms in total. The van der Waals surface area contributed by atoms with E-state index in [1.54, 1.807) is 11.3 Å². The van der Waals surface area contributed by atoms with E-state index in [0.29, 0.717) is 19.8 Å². The number of halogens is 1. The van der Waals surface area contributed by atoms with E-state index in [1.807, 2.05) is 6.07 Å². The number of rotatable bonds is 4. The third kappa shape index (κ3) is 3.26. The number of hydrogen-bond acceptors (Lipinski definition) is 4. The van der Waals surface area contributed by atoms with Crippen LogP contribution in [0, 0.1) is 0 Å². The summed E-state index contributed by atoms with van der Waals surface area (Å²) in [6, 6.07) is 4.12. The number of aliphatic hydroxyl groups is 1. The Bertz CT molecular complexity index is 323. The highest BCUT2D eigenvalue weighted by molar-refractivity contribution is 9.11. The molecule has 1 saturated heterocycles. The molecule has 1 atom stereocenters. The van der Waals surface area contributed by atoms with E-state index in [9.17, 15) is 5.11 Å². The van der Waals surface area contributed by atoms with Gasteiger partial charge in [0.25, 0.3) is 0 Å². The molecule has 1 aromatic rings. The van der Waals surface area contributed by atoms with Crippen LogP contribution in [0.25, 0.3) is 0 Å². The Labute approximate surface area is 102 Å². The summed E-state index contributed by atoms with van der Waals surface area (Å²) in [7, 11) is 0. The van der Waals surface area contributed by atoms with Crippen LogP contribution in [-0.4, -0.2) is 30.5 Å². The van der Waals surface area contributed by atoms with Crippen LogP contribution in [0.5, 0.6) is 0 Å². The van der Waals surface area contributed by atoms with Crippen molar-refractivity contribution in [2.75, 3.05) is 19.8 Å². The van der Waals surface area contributed by atoms with E-state index in [2.05, 4.69) is 27.3 Å². The van der Waals surface area contributed by atoms with E-state index in [4.69, 9.17) is 4.74 Å². The van der Waals surface area contributed by atoms with Gasteiger partial charge < -0.3 is 15.2 Å². The molecule has 2 N–H and O–H groups in total. The van der Waals surface area contributed by atoms with E-state index >= 15 is 0 Å². The minimum atomic E-state index is -0.658. The van der Waals surface area contributed by atoms with Crippen molar-refractivity contribution >= 4 is 27.3 Å². The second-order valence-corrected chi connectivity index (χ2v) is 6.38. The Hall–Kier alpha value is 0.0600. The molecule has 1 aromatic heterocycles. The summed E-state index contributed by atoms with van der Waals surface area (Å²) in [4.78, 5) is 1.27. The van der Waals surface area contributed by atoms with Crippen LogP contribution in [0.3, 0.4) is 0 Å². The van der Waals surface area contributed by atoms with Gasteiger partial charge >= 0.3 is 0 Å². The normalized spacial score (nSPS) is 26.0. The molecule has 15 heavy (non-hydrogen) atoms. The first-order valence-electron chi connectivity index (χ1n) is 4.93. The maximum absolute atomic E-state index is 9.98. The summed E-state index contributed by atoms with van der Waals surface area (Å²) in [6.07, 6.45) is 0.730. The molecule has 2 rings (SSSR count). The van der Waals surface area contributed by atoms with Crippen LogP contribution >= 0.6 is 27.3 Å². The van der Waals surface area contributed by atoms with Crippen LogP contribution < -0.4 is 5.32 Å². The van der Waals surface area contributed by atoms with E-state index in [-0.39, 0.29) is 0 Å². The standard InChI is InChI=1S/C10H14BrNO2S/c11-9-2-1-8(15-9)5-12-6-10(13)3-4-14-7-10/h1-2,12-13H,3-7H2. The highest BCUT2D eigenvalue weighted by Crippen LogP contribution is 2.22. The zero-order valence-electron chi connectivity index (χ0n) is 8.33. The predicted molar refractivity (Wildman–Crippen MR) is 64.1 cm³/mol. The second kappa shape index (κ2) is 4.93. The van der Waals surface area contributed by atoms with Gasteiger partial charge in [0.2, 0.25) is 0 Å². The second-order valence-electron chi connectivity index (χ2n) is 3.84. The Kier molecular flexibility index (Phi) is 3.79. The average Bonchev–Trinajstić information content (AvgIpc) is 2.76. The number of thiophene rings is 1. The van der Waals surface area contributed by atoms with Crippen LogP contribution in [0.2, 0.25) is 0 Å². The number of nitrogens with one attached hydrogen (secondary N) is 1. The average molecular weight is 292 g/mol. The van der Waals surface area contributed by atoms with Crippen molar-refractivity contribution in [3.05, 3.63) is 20.8 Å². The van der Waals surface area contributed by atoms with Gasteiger partial charge in [-0.15, -0.1) is 11.3 Å². The van der Waals surface area contributed by atoms with Crippen molar-refractivity contribution in [3.63, 3.8) is 0 Å². The van der Waals surface area contributed by atoms with Crippen molar-refractivity contribution in [1.82, 2.24) is 5.32 Å². The first-order chi connectivity index (χ1) is 7.18. The first kappa shape index (κ1) is 11.5. The maximum atomic E-state index is 9.98. The molecule has 0 aliphatic carbocycles. The molecule has 5 heteroatoms. The van der Waals surface area contributed by atoms with Crippen molar-refractivity contribution in [2.45, 2.75) is 18.6 Å². The van der Waals surface area contributed by atoms with Gasteiger partial charge in [-0.3, -0.25) is 0 Å². The van der Waals surface area contributed by atoms with Gasteiger partial charge in [0.1, 0.15) is 5.60 Å². The molecule has 0 radical (unpaired) electrons. The molecule has 1 fully saturated rings. The third-order valence-corrected chi connectivity index (χ3v) is 4.09. The fourth-order valence-corrected chi connectivity index (χ4v) is 3.05. The molecule has 0 bridgehead atoms. The van der Waals surface area contributed by atoms with E-state index in [0.717, 1.165) is 16.8 Å². The van der Waals surface area contributed by atoms with Crippen LogP contribution in [0.15, 0.2) is 15.9 Å². The van der Waals surface area contributed by atoms with Gasteiger partial charge in [-0.25, -0.2) is 0 Å². The lowest BCUT2D eigenvalue weighted by atomic mass is 10.0. The zero-order chi connectivity index (χ0) is 10.7. The molecule has 1 aliphatic rings. The molecule has 0 amide bonds. The third-order valence-electron chi connectivity index (χ3n) is 2.46. The Balaban J connectivity index is 1.75. The van der Waals surface area contributed by atoms with Crippen LogP contribution in [-0.2, 0) is 11.3 Å². The van der Waals surface area contributed by atoms with Gasteiger partial charge in [-0.1, -0.05) is 0 Å². The summed E-state index contributed by atoms with van der Waals surface area (Å²) in [6.45, 7) is 2.53. The lowest BCUT2D eigenvalue weighted by Gasteiger charge is -2.20. The lowest BCUT2D eigenvalue weighted by Crippen LogP contribution is -2.40. The molecular formula is C10H14BrNO2S. The molecule has 2 heterocycles. The first-order valence-corrected chi connectivity index (χ1v) is 6.54. The summed E-state index contributed by atoms with van der Waals surface area (Å²) in [5, 5.41) is 13.2. The molecule has 1 unspecified atom stereocenters. The lowest BCUT2D eigenvalue weighted by molar-refractivity contribution is 0.0269. The monoisotopic (exact) mass is 291 g/mol. The quantitative estimate of drug-likeness (QED) is 0.888. The number of ether oxygens (including phenoxy) is 1. The highest BCUT2D eigenvalue weighted by Gasteiger charge is 2.31. The van der Waals surface area contributed by atoms with Crippen molar-refractivity contribution in [1.29, 1.82) is 0 Å². The fourth-order valence-electron chi connectivity index (χ4n) is 1.60. The Morgan fingerprint density at radius 1 is 1.60 bits per heavy atom. The summed E-state index contributed by atoms with van der Waals surface area (Å²) >= 11 is 5.13. The topological polar surface area (TPSA) is 41.5 Å². The molecule has 0 spiro atoms. The molecular weight excluding hydrogens is 278 g/mol. The van der Waals surface area contributed by atoms with Crippen molar-refractivity contribution < 1.29 is 9.84 Å². The number of hydrogen-bond donors (Lipinski definition) is 2. The fraction of sp³-hybridized carbons (Fsp3) is 0.600. The van der Waals surface area contributed by atoms with E-state index in [1.165, 1.54) is 4.88 Å². The highest BCUT2D eigenvalue weighted by atomic mass is 79.9. The Morgan fingerprint density at radius 3 is 3.07 bits per heavy atom. The minimum absolute atomic E-state index is 0.453. The molecule has 1 aliphatic heterocycles. The molecule has 0 saturated carbocycles. The van der Waals surface area contributed by atoms with E-state index < -0.39 is 5.60 Å². The van der Waals surface area contributed by atoms with Gasteiger partial charge in [0.05, 0.1) is 10.4 Å². The van der Waals surface area contributed by atoms with Crippen molar-refractivity contribution in [2.24, 2.45) is 0 Å². The summed E-state index contributed by atoms with van der Waals surface area (Å²) in [5.41, 5.74) is -0.658. The SMILES string of the molecule is OC1(CNCc2ccc(Br)s2)CCOC1. The van der Waals surface area contributed by atoms with Gasteiger partial charge in [-0.2, -0.15) is 0 Å². The summed E-state index contributed by atoms with van der Waals surface area (Å²) in [5.74, 6) is 0. The maximum Gasteiger partial charge on any atom is 0.103 e. The minimum Gasteiger partial charge on any atom is -0.386 e. The molecule has 84 valence electrons. The largest absolute Gasteiger partial charge is 0.386 e. The molecule has 0 aromatic carbocycles. The van der Waals surface area contributed by atoms with Gasteiger partial charge in [0, 0.05) is 31.0 Å². The van der Waals surface area contributed by atoms with Crippen LogP contribution in [0.4, 0.5) is 0 Å². The smallest absolute Gasteiger partial charge is 0.103 e. The predicted octanol–water partition coefficient (Wildman–Crippen LogP) is 1.75. The summed E-state index contributed by atoms with van der Waals surface area (Å²) < 4.78 is 6.31. The van der Waals surface area contributed by atoms with Gasteiger partial charge in [0.15, 0.2) is 0 Å². The Morgan fingerprint density at radius 2 is 2.47 bits per heavy atom. The van der Waals surface area contributed by atoms with Gasteiger partial charge in [-0.05, 0) is 28.1 Å². The van der Waals surface area contributed by atoms with Crippen LogP contribution in [0.1, 0.15) is 11.3 Å².